The number of carbonyl (C=O) groups excluding carboxylic acids is 1. The lowest BCUT2D eigenvalue weighted by atomic mass is 10.2. The van der Waals surface area contributed by atoms with Crippen LogP contribution < -0.4 is 4.72 Å². The Morgan fingerprint density at radius 1 is 1.14 bits per heavy atom. The fourth-order valence-corrected chi connectivity index (χ4v) is 2.99. The molecular formula is C14H12ClNO4S. The highest BCUT2D eigenvalue weighted by Crippen LogP contribution is 2.22. The van der Waals surface area contributed by atoms with Gasteiger partial charge in [0.1, 0.15) is 0 Å². The smallest absolute Gasteiger partial charge is 0.337 e. The van der Waals surface area contributed by atoms with Crippen LogP contribution >= 0.6 is 11.6 Å². The summed E-state index contributed by atoms with van der Waals surface area (Å²) < 4.78 is 31.3. The van der Waals surface area contributed by atoms with Gasteiger partial charge in [0.05, 0.1) is 23.3 Å². The van der Waals surface area contributed by atoms with E-state index >= 15 is 0 Å². The summed E-state index contributed by atoms with van der Waals surface area (Å²) >= 11 is 5.88. The second kappa shape index (κ2) is 6.15. The van der Waals surface area contributed by atoms with E-state index in [4.69, 9.17) is 11.6 Å². The number of ether oxygens (including phenoxy) is 1. The van der Waals surface area contributed by atoms with Crippen LogP contribution in [0, 0.1) is 0 Å². The highest BCUT2D eigenvalue weighted by molar-refractivity contribution is 7.92. The van der Waals surface area contributed by atoms with Crippen molar-refractivity contribution in [3.63, 3.8) is 0 Å². The van der Waals surface area contributed by atoms with Gasteiger partial charge in [-0.3, -0.25) is 4.72 Å². The molecule has 0 aliphatic carbocycles. The monoisotopic (exact) mass is 325 g/mol. The fraction of sp³-hybridized carbons (Fsp3) is 0.0714. The van der Waals surface area contributed by atoms with Crippen molar-refractivity contribution in [2.24, 2.45) is 0 Å². The van der Waals surface area contributed by atoms with Gasteiger partial charge in [-0.1, -0.05) is 29.8 Å². The lowest BCUT2D eigenvalue weighted by Gasteiger charge is -2.09. The number of esters is 1. The Kier molecular flexibility index (Phi) is 4.50. The SMILES string of the molecule is COC(=O)c1cc(Cl)cc(NS(=O)(=O)c2ccccc2)c1. The molecule has 2 rings (SSSR count). The Morgan fingerprint density at radius 3 is 2.43 bits per heavy atom. The molecule has 2 aromatic rings. The number of hydrogen-bond acceptors (Lipinski definition) is 4. The minimum Gasteiger partial charge on any atom is -0.465 e. The van der Waals surface area contributed by atoms with Gasteiger partial charge in [-0.05, 0) is 30.3 Å². The van der Waals surface area contributed by atoms with Crippen LogP contribution in [0.3, 0.4) is 0 Å². The summed E-state index contributed by atoms with van der Waals surface area (Å²) in [7, 11) is -2.51. The Hall–Kier alpha value is -2.05. The molecule has 0 aromatic heterocycles. The maximum absolute atomic E-state index is 12.2. The maximum Gasteiger partial charge on any atom is 0.337 e. The van der Waals surface area contributed by atoms with E-state index in [1.165, 1.54) is 37.4 Å². The molecule has 0 bridgehead atoms. The molecule has 0 heterocycles. The molecule has 0 spiro atoms. The van der Waals surface area contributed by atoms with E-state index in [0.29, 0.717) is 0 Å². The summed E-state index contributed by atoms with van der Waals surface area (Å²) in [5.41, 5.74) is 0.350. The third-order valence-electron chi connectivity index (χ3n) is 2.62. The molecule has 0 fully saturated rings. The van der Waals surface area contributed by atoms with E-state index in [9.17, 15) is 13.2 Å². The largest absolute Gasteiger partial charge is 0.465 e. The van der Waals surface area contributed by atoms with Crippen molar-refractivity contribution in [3.8, 4) is 0 Å². The number of carbonyl (C=O) groups is 1. The van der Waals surface area contributed by atoms with E-state index in [-0.39, 0.29) is 21.2 Å². The molecule has 0 atom stereocenters. The molecule has 110 valence electrons. The minimum absolute atomic E-state index is 0.115. The predicted octanol–water partition coefficient (Wildman–Crippen LogP) is 2.93. The molecule has 0 radical (unpaired) electrons. The molecule has 21 heavy (non-hydrogen) atoms. The normalized spacial score (nSPS) is 11.0. The number of methoxy groups -OCH3 is 1. The minimum atomic E-state index is -3.74. The highest BCUT2D eigenvalue weighted by Gasteiger charge is 2.15. The van der Waals surface area contributed by atoms with Crippen LogP contribution in [0.2, 0.25) is 5.02 Å². The number of benzene rings is 2. The average Bonchev–Trinajstić information content (AvgIpc) is 2.46. The molecule has 0 saturated carbocycles. The Labute approximate surface area is 127 Å². The second-order valence-electron chi connectivity index (χ2n) is 4.14. The van der Waals surface area contributed by atoms with Crippen LogP contribution in [-0.2, 0) is 14.8 Å². The van der Waals surface area contributed by atoms with Crippen molar-refractivity contribution in [3.05, 3.63) is 59.1 Å². The zero-order valence-electron chi connectivity index (χ0n) is 11.0. The summed E-state index contributed by atoms with van der Waals surface area (Å²) in [4.78, 5) is 11.6. The second-order valence-corrected chi connectivity index (χ2v) is 6.26. The first-order valence-electron chi connectivity index (χ1n) is 5.89. The number of sulfonamides is 1. The fourth-order valence-electron chi connectivity index (χ4n) is 1.70. The number of rotatable bonds is 4. The summed E-state index contributed by atoms with van der Waals surface area (Å²) in [6.45, 7) is 0. The molecule has 0 aliphatic rings. The molecular weight excluding hydrogens is 314 g/mol. The van der Waals surface area contributed by atoms with Crippen molar-refractivity contribution in [1.29, 1.82) is 0 Å². The van der Waals surface area contributed by atoms with Crippen molar-refractivity contribution < 1.29 is 17.9 Å². The van der Waals surface area contributed by atoms with E-state index in [1.54, 1.807) is 18.2 Å². The van der Waals surface area contributed by atoms with Gasteiger partial charge >= 0.3 is 5.97 Å². The van der Waals surface area contributed by atoms with Crippen molar-refractivity contribution in [2.45, 2.75) is 4.90 Å². The topological polar surface area (TPSA) is 72.5 Å². The van der Waals surface area contributed by atoms with Crippen molar-refractivity contribution >= 4 is 33.3 Å². The quantitative estimate of drug-likeness (QED) is 0.877. The van der Waals surface area contributed by atoms with Crippen LogP contribution in [0.25, 0.3) is 0 Å². The number of nitrogens with one attached hydrogen (secondary N) is 1. The molecule has 2 aromatic carbocycles. The molecule has 0 aliphatic heterocycles. The van der Waals surface area contributed by atoms with Crippen molar-refractivity contribution in [1.82, 2.24) is 0 Å². The first-order valence-corrected chi connectivity index (χ1v) is 7.75. The van der Waals surface area contributed by atoms with Gasteiger partial charge in [0.25, 0.3) is 10.0 Å². The Morgan fingerprint density at radius 2 is 1.81 bits per heavy atom. The molecule has 5 nitrogen and oxygen atoms in total. The van der Waals surface area contributed by atoms with E-state index in [0.717, 1.165) is 0 Å². The summed E-state index contributed by atoms with van der Waals surface area (Å²) in [6, 6.07) is 12.1. The first-order chi connectivity index (χ1) is 9.92. The van der Waals surface area contributed by atoms with E-state index in [1.807, 2.05) is 0 Å². The molecule has 1 N–H and O–H groups in total. The standard InChI is InChI=1S/C14H12ClNO4S/c1-20-14(17)10-7-11(15)9-12(8-10)16-21(18,19)13-5-3-2-4-6-13/h2-9,16H,1H3. The van der Waals surface area contributed by atoms with Crippen LogP contribution in [-0.4, -0.2) is 21.5 Å². The Balaban J connectivity index is 2.36. The zero-order valence-corrected chi connectivity index (χ0v) is 12.6. The predicted molar refractivity (Wildman–Crippen MR) is 80.0 cm³/mol. The van der Waals surface area contributed by atoms with Gasteiger partial charge in [0, 0.05) is 5.02 Å². The molecule has 7 heteroatoms. The third kappa shape index (κ3) is 3.74. The van der Waals surface area contributed by atoms with Gasteiger partial charge in [-0.25, -0.2) is 13.2 Å². The number of hydrogen-bond donors (Lipinski definition) is 1. The van der Waals surface area contributed by atoms with Crippen LogP contribution in [0.15, 0.2) is 53.4 Å². The highest BCUT2D eigenvalue weighted by atomic mass is 35.5. The van der Waals surface area contributed by atoms with Gasteiger partial charge in [0.2, 0.25) is 0 Å². The molecule has 0 saturated heterocycles. The first kappa shape index (κ1) is 15.3. The van der Waals surface area contributed by atoms with E-state index < -0.39 is 16.0 Å². The van der Waals surface area contributed by atoms with E-state index in [2.05, 4.69) is 9.46 Å². The summed E-state index contributed by atoms with van der Waals surface area (Å²) in [6.07, 6.45) is 0. The summed E-state index contributed by atoms with van der Waals surface area (Å²) in [5.74, 6) is -0.599. The van der Waals surface area contributed by atoms with Gasteiger partial charge < -0.3 is 4.74 Å². The third-order valence-corrected chi connectivity index (χ3v) is 4.24. The lowest BCUT2D eigenvalue weighted by molar-refractivity contribution is 0.0601. The van der Waals surface area contributed by atoms with Crippen molar-refractivity contribution in [2.75, 3.05) is 11.8 Å². The number of anilines is 1. The zero-order chi connectivity index (χ0) is 15.5. The van der Waals surface area contributed by atoms with Crippen LogP contribution in [0.4, 0.5) is 5.69 Å². The maximum atomic E-state index is 12.2. The molecule has 0 unspecified atom stereocenters. The van der Waals surface area contributed by atoms with Crippen LogP contribution in [0.1, 0.15) is 10.4 Å². The summed E-state index contributed by atoms with van der Waals surface area (Å²) in [5, 5.41) is 0.226. The molecule has 0 amide bonds. The van der Waals surface area contributed by atoms with Gasteiger partial charge in [-0.2, -0.15) is 0 Å². The number of halogens is 1. The Bertz CT molecular complexity index is 760. The average molecular weight is 326 g/mol. The lowest BCUT2D eigenvalue weighted by Crippen LogP contribution is -2.13. The van der Waals surface area contributed by atoms with Gasteiger partial charge in [0.15, 0.2) is 0 Å². The van der Waals surface area contributed by atoms with Crippen LogP contribution in [0.5, 0.6) is 0 Å². The van der Waals surface area contributed by atoms with Gasteiger partial charge in [-0.15, -0.1) is 0 Å².